The normalized spacial score (nSPS) is 28.2. The fourth-order valence-corrected chi connectivity index (χ4v) is 5.46. The summed E-state index contributed by atoms with van der Waals surface area (Å²) in [6, 6.07) is 6.19. The van der Waals surface area contributed by atoms with E-state index in [1.807, 2.05) is 22.8 Å². The summed E-state index contributed by atoms with van der Waals surface area (Å²) in [5.74, 6) is 1.53. The van der Waals surface area contributed by atoms with Crippen molar-refractivity contribution >= 4 is 6.03 Å². The summed E-state index contributed by atoms with van der Waals surface area (Å²) in [5, 5.41) is 10.8. The molecule has 7 nitrogen and oxygen atoms in total. The number of carbonyl (C=O) groups excluding carboxylic acids is 1. The molecule has 2 heterocycles. The Morgan fingerprint density at radius 3 is 2.44 bits per heavy atom. The minimum absolute atomic E-state index is 0.0238. The summed E-state index contributed by atoms with van der Waals surface area (Å²) in [4.78, 5) is 19.4. The fraction of sp³-hybridized carbons (Fsp3) is 0.720. The van der Waals surface area contributed by atoms with Gasteiger partial charge in [-0.05, 0) is 57.4 Å². The van der Waals surface area contributed by atoms with Crippen LogP contribution in [0, 0.1) is 5.41 Å². The van der Waals surface area contributed by atoms with Crippen LogP contribution in [0.1, 0.15) is 51.0 Å². The number of urea groups is 1. The quantitative estimate of drug-likeness (QED) is 0.754. The first-order valence-corrected chi connectivity index (χ1v) is 12.1. The zero-order valence-corrected chi connectivity index (χ0v) is 20.0. The van der Waals surface area contributed by atoms with Crippen molar-refractivity contribution in [2.24, 2.45) is 5.41 Å². The molecular formula is C25H39N3O4. The number of rotatable bonds is 5. The number of methoxy groups -OCH3 is 1. The van der Waals surface area contributed by atoms with E-state index in [2.05, 4.69) is 31.0 Å². The van der Waals surface area contributed by atoms with E-state index in [0.29, 0.717) is 13.1 Å². The number of ether oxygens (including phenoxy) is 2. The molecule has 0 bridgehead atoms. The van der Waals surface area contributed by atoms with Gasteiger partial charge in [0.25, 0.3) is 0 Å². The number of aliphatic hydroxyl groups is 1. The van der Waals surface area contributed by atoms with Crippen LogP contribution in [0.5, 0.6) is 11.5 Å². The van der Waals surface area contributed by atoms with E-state index in [0.717, 1.165) is 56.1 Å². The van der Waals surface area contributed by atoms with Gasteiger partial charge in [0, 0.05) is 50.6 Å². The maximum atomic E-state index is 13.3. The van der Waals surface area contributed by atoms with Crippen LogP contribution in [-0.4, -0.2) is 91.5 Å². The number of nitrogens with zero attached hydrogens (tertiary/aromatic N) is 3. The third kappa shape index (κ3) is 4.55. The molecule has 2 aliphatic heterocycles. The number of hydrogen-bond donors (Lipinski definition) is 1. The Labute approximate surface area is 192 Å². The summed E-state index contributed by atoms with van der Waals surface area (Å²) < 4.78 is 11.9. The van der Waals surface area contributed by atoms with Gasteiger partial charge in [0.2, 0.25) is 0 Å². The fourth-order valence-electron chi connectivity index (χ4n) is 5.46. The molecule has 3 fully saturated rings. The number of amides is 2. The van der Waals surface area contributed by atoms with Crippen molar-refractivity contribution in [3.63, 3.8) is 0 Å². The van der Waals surface area contributed by atoms with Crippen LogP contribution in [0.15, 0.2) is 18.2 Å². The van der Waals surface area contributed by atoms with E-state index < -0.39 is 11.5 Å². The van der Waals surface area contributed by atoms with E-state index in [1.165, 1.54) is 12.8 Å². The molecule has 7 heteroatoms. The van der Waals surface area contributed by atoms with Crippen LogP contribution in [0.2, 0.25) is 0 Å². The molecule has 1 aliphatic carbocycles. The minimum atomic E-state index is -0.543. The SMILES string of the molecule is COc1ccc([C@@H]2CN(C(=O)N3CCN(C)CC3)C[C@@]2(C)C(C)O)cc1OC1CCCC1. The van der Waals surface area contributed by atoms with Gasteiger partial charge in [-0.25, -0.2) is 4.79 Å². The highest BCUT2D eigenvalue weighted by atomic mass is 16.5. The van der Waals surface area contributed by atoms with Gasteiger partial charge < -0.3 is 29.3 Å². The van der Waals surface area contributed by atoms with E-state index in [4.69, 9.17) is 9.47 Å². The van der Waals surface area contributed by atoms with Gasteiger partial charge in [-0.1, -0.05) is 13.0 Å². The summed E-state index contributed by atoms with van der Waals surface area (Å²) in [6.45, 7) is 8.40. The molecule has 1 saturated carbocycles. The Kier molecular flexibility index (Phi) is 6.86. The smallest absolute Gasteiger partial charge is 0.320 e. The Morgan fingerprint density at radius 1 is 1.12 bits per heavy atom. The van der Waals surface area contributed by atoms with Crippen molar-refractivity contribution in [2.75, 3.05) is 53.4 Å². The highest BCUT2D eigenvalue weighted by Crippen LogP contribution is 2.47. The second kappa shape index (κ2) is 9.48. The number of piperazine rings is 1. The third-order valence-electron chi connectivity index (χ3n) is 7.92. The Bertz CT molecular complexity index is 802. The maximum absolute atomic E-state index is 13.3. The molecule has 1 aromatic carbocycles. The van der Waals surface area contributed by atoms with E-state index in [-0.39, 0.29) is 18.1 Å². The summed E-state index contributed by atoms with van der Waals surface area (Å²) >= 11 is 0. The first-order chi connectivity index (χ1) is 15.3. The van der Waals surface area contributed by atoms with Gasteiger partial charge in [-0.2, -0.15) is 0 Å². The predicted octanol–water partition coefficient (Wildman–Crippen LogP) is 3.17. The number of carbonyl (C=O) groups is 1. The highest BCUT2D eigenvalue weighted by molar-refractivity contribution is 5.75. The Hall–Kier alpha value is -1.99. The number of likely N-dealkylation sites (N-methyl/N-ethyl adjacent to an activating group) is 1. The molecule has 0 radical (unpaired) electrons. The van der Waals surface area contributed by atoms with Crippen LogP contribution in [0.25, 0.3) is 0 Å². The maximum Gasteiger partial charge on any atom is 0.320 e. The molecule has 4 rings (SSSR count). The molecule has 32 heavy (non-hydrogen) atoms. The van der Waals surface area contributed by atoms with Crippen LogP contribution in [0.4, 0.5) is 4.79 Å². The summed E-state index contributed by atoms with van der Waals surface area (Å²) in [7, 11) is 3.76. The van der Waals surface area contributed by atoms with Crippen molar-refractivity contribution in [3.05, 3.63) is 23.8 Å². The van der Waals surface area contributed by atoms with E-state index >= 15 is 0 Å². The van der Waals surface area contributed by atoms with Gasteiger partial charge >= 0.3 is 6.03 Å². The molecule has 2 amide bonds. The van der Waals surface area contributed by atoms with Gasteiger partial charge in [-0.3, -0.25) is 0 Å². The highest BCUT2D eigenvalue weighted by Gasteiger charge is 2.49. The molecule has 178 valence electrons. The molecule has 0 aromatic heterocycles. The molecule has 0 spiro atoms. The van der Waals surface area contributed by atoms with Crippen molar-refractivity contribution in [1.82, 2.24) is 14.7 Å². The molecule has 2 saturated heterocycles. The number of hydrogen-bond acceptors (Lipinski definition) is 5. The lowest BCUT2D eigenvalue weighted by molar-refractivity contribution is 0.0479. The summed E-state index contributed by atoms with van der Waals surface area (Å²) in [6.07, 6.45) is 4.27. The van der Waals surface area contributed by atoms with Crippen molar-refractivity contribution in [3.8, 4) is 11.5 Å². The number of aliphatic hydroxyl groups excluding tert-OH is 1. The van der Waals surface area contributed by atoms with Crippen LogP contribution < -0.4 is 9.47 Å². The van der Waals surface area contributed by atoms with Crippen molar-refractivity contribution < 1.29 is 19.4 Å². The monoisotopic (exact) mass is 445 g/mol. The second-order valence-electron chi connectivity index (χ2n) is 10.1. The third-order valence-corrected chi connectivity index (χ3v) is 7.92. The lowest BCUT2D eigenvalue weighted by atomic mass is 9.72. The van der Waals surface area contributed by atoms with Gasteiger partial charge in [-0.15, -0.1) is 0 Å². The van der Waals surface area contributed by atoms with E-state index in [1.54, 1.807) is 7.11 Å². The largest absolute Gasteiger partial charge is 0.493 e. The molecule has 3 atom stereocenters. The number of likely N-dealkylation sites (tertiary alicyclic amines) is 1. The molecule has 1 unspecified atom stereocenters. The number of benzene rings is 1. The van der Waals surface area contributed by atoms with E-state index in [9.17, 15) is 9.90 Å². The first kappa shape index (κ1) is 23.2. The van der Waals surface area contributed by atoms with Crippen molar-refractivity contribution in [1.29, 1.82) is 0 Å². The minimum Gasteiger partial charge on any atom is -0.493 e. The van der Waals surface area contributed by atoms with Crippen LogP contribution >= 0.6 is 0 Å². The summed E-state index contributed by atoms with van der Waals surface area (Å²) in [5.41, 5.74) is 0.664. The average Bonchev–Trinajstić information content (AvgIpc) is 3.42. The Balaban J connectivity index is 1.57. The van der Waals surface area contributed by atoms with Crippen LogP contribution in [-0.2, 0) is 0 Å². The second-order valence-corrected chi connectivity index (χ2v) is 10.1. The lowest BCUT2D eigenvalue weighted by Gasteiger charge is -2.36. The standard InChI is InChI=1S/C25H39N3O4/c1-18(29)25(2)17-28(24(30)27-13-11-26(3)12-14-27)16-21(25)19-9-10-22(31-4)23(15-19)32-20-7-5-6-8-20/h9-10,15,18,20-21,29H,5-8,11-14,16-17H2,1-4H3/t18?,21-,25-/m0/s1. The zero-order chi connectivity index (χ0) is 22.9. The Morgan fingerprint density at radius 2 is 1.81 bits per heavy atom. The molecule has 3 aliphatic rings. The van der Waals surface area contributed by atoms with Gasteiger partial charge in [0.05, 0.1) is 19.3 Å². The topological polar surface area (TPSA) is 65.5 Å². The first-order valence-electron chi connectivity index (χ1n) is 12.1. The van der Waals surface area contributed by atoms with Crippen LogP contribution in [0.3, 0.4) is 0 Å². The molecule has 1 N–H and O–H groups in total. The molecule has 1 aromatic rings. The lowest BCUT2D eigenvalue weighted by Crippen LogP contribution is -2.51. The van der Waals surface area contributed by atoms with Gasteiger partial charge in [0.1, 0.15) is 0 Å². The van der Waals surface area contributed by atoms with Gasteiger partial charge in [0.15, 0.2) is 11.5 Å². The van der Waals surface area contributed by atoms with Crippen molar-refractivity contribution in [2.45, 2.75) is 57.7 Å². The molecular weight excluding hydrogens is 406 g/mol. The zero-order valence-electron chi connectivity index (χ0n) is 20.0. The average molecular weight is 446 g/mol. The predicted molar refractivity (Wildman–Crippen MR) is 124 cm³/mol.